The topological polar surface area (TPSA) is 61.0 Å². The van der Waals surface area contributed by atoms with Gasteiger partial charge < -0.3 is 11.9 Å². The van der Waals surface area contributed by atoms with Crippen LogP contribution in [0.5, 0.6) is 0 Å². The number of benzene rings is 1. The molecule has 0 aliphatic heterocycles. The summed E-state index contributed by atoms with van der Waals surface area (Å²) in [4.78, 5) is 0. The summed E-state index contributed by atoms with van der Waals surface area (Å²) in [7, 11) is 0. The molecule has 162 valence electrons. The zero-order chi connectivity index (χ0) is 20.5. The lowest BCUT2D eigenvalue weighted by Crippen LogP contribution is -1.92. The molecule has 1 aromatic carbocycles. The van der Waals surface area contributed by atoms with Crippen LogP contribution in [0.4, 0.5) is 0 Å². The Morgan fingerprint density at radius 3 is 1.79 bits per heavy atom. The summed E-state index contributed by atoms with van der Waals surface area (Å²) in [5, 5.41) is 0. The van der Waals surface area contributed by atoms with E-state index < -0.39 is 0 Å². The highest BCUT2D eigenvalue weighted by Gasteiger charge is 2.04. The van der Waals surface area contributed by atoms with Gasteiger partial charge in [0.1, 0.15) is 0 Å². The van der Waals surface area contributed by atoms with Gasteiger partial charge in [0.25, 0.3) is 0 Å². The number of hydrogen-bond acceptors (Lipinski definition) is 2. The summed E-state index contributed by atoms with van der Waals surface area (Å²) in [6, 6.07) is 9.07. The number of rotatable bonds is 6. The lowest BCUT2D eigenvalue weighted by atomic mass is 9.94. The van der Waals surface area contributed by atoms with Gasteiger partial charge >= 0.3 is 0 Å². The van der Waals surface area contributed by atoms with Gasteiger partial charge in [0.15, 0.2) is 0 Å². The van der Waals surface area contributed by atoms with Crippen molar-refractivity contribution in [1.29, 1.82) is 0 Å². The van der Waals surface area contributed by atoms with Gasteiger partial charge in [0, 0.05) is 5.70 Å². The highest BCUT2D eigenvalue weighted by Crippen LogP contribution is 2.24. The van der Waals surface area contributed by atoms with Crippen molar-refractivity contribution in [3.05, 3.63) is 78.0 Å². The highest BCUT2D eigenvalue weighted by molar-refractivity contribution is 5.66. The van der Waals surface area contributed by atoms with Gasteiger partial charge in [-0.15, -0.1) is 0 Å². The average Bonchev–Trinajstić information content (AvgIpc) is 2.67. The van der Waals surface area contributed by atoms with E-state index in [2.05, 4.69) is 72.0 Å². The van der Waals surface area contributed by atoms with E-state index in [0.29, 0.717) is 5.92 Å². The van der Waals surface area contributed by atoms with Crippen LogP contribution in [0.3, 0.4) is 0 Å². The molecule has 0 amide bonds. The summed E-state index contributed by atoms with van der Waals surface area (Å²) in [5.41, 5.74) is 11.6. The Labute approximate surface area is 176 Å². The predicted molar refractivity (Wildman–Crippen MR) is 134 cm³/mol. The van der Waals surface area contributed by atoms with E-state index in [1.165, 1.54) is 28.7 Å². The van der Waals surface area contributed by atoms with Crippen LogP contribution in [0, 0.1) is 0 Å². The third-order valence-electron chi connectivity index (χ3n) is 4.48. The van der Waals surface area contributed by atoms with Gasteiger partial charge in [-0.25, -0.2) is 0 Å². The SMILES string of the molecule is C.C=C(N)CC.C=C/C=C\C.CC/C(C)=C(/C)c1ccc(C(C)CC)cc1.N. The summed E-state index contributed by atoms with van der Waals surface area (Å²) in [6.45, 7) is 22.0. The van der Waals surface area contributed by atoms with Gasteiger partial charge in [-0.2, -0.15) is 0 Å². The molecule has 0 saturated carbocycles. The fourth-order valence-corrected chi connectivity index (χ4v) is 1.95. The molecule has 0 heterocycles. The van der Waals surface area contributed by atoms with Crippen molar-refractivity contribution in [2.75, 3.05) is 0 Å². The molecule has 2 heteroatoms. The van der Waals surface area contributed by atoms with Crippen LogP contribution in [-0.4, -0.2) is 0 Å². The van der Waals surface area contributed by atoms with E-state index >= 15 is 0 Å². The third-order valence-corrected chi connectivity index (χ3v) is 4.48. The highest BCUT2D eigenvalue weighted by atomic mass is 14.5. The Bertz CT molecular complexity index is 563. The second-order valence-corrected chi connectivity index (χ2v) is 6.46. The number of nitrogens with two attached hydrogens (primary N) is 1. The molecule has 0 fully saturated rings. The van der Waals surface area contributed by atoms with Crippen molar-refractivity contribution in [2.45, 2.75) is 81.1 Å². The Morgan fingerprint density at radius 1 is 1.07 bits per heavy atom. The molecule has 28 heavy (non-hydrogen) atoms. The Kier molecular flexibility index (Phi) is 25.4. The largest absolute Gasteiger partial charge is 0.403 e. The molecule has 0 aromatic heterocycles. The minimum atomic E-state index is 0. The van der Waals surface area contributed by atoms with Gasteiger partial charge in [-0.1, -0.05) is 96.3 Å². The molecule has 1 aromatic rings. The van der Waals surface area contributed by atoms with Crippen LogP contribution >= 0.6 is 0 Å². The molecule has 0 spiro atoms. The number of allylic oxidation sites excluding steroid dienone is 6. The monoisotopic (exact) mass is 388 g/mol. The summed E-state index contributed by atoms with van der Waals surface area (Å²) in [6.07, 6.45) is 8.81. The molecule has 1 atom stereocenters. The summed E-state index contributed by atoms with van der Waals surface area (Å²) in [5.74, 6) is 0.672. The fourth-order valence-electron chi connectivity index (χ4n) is 1.95. The smallest absolute Gasteiger partial charge is 0.000466 e. The first-order valence-electron chi connectivity index (χ1n) is 9.72. The molecular weight excluding hydrogens is 340 g/mol. The van der Waals surface area contributed by atoms with Crippen molar-refractivity contribution in [1.82, 2.24) is 6.15 Å². The Hall–Kier alpha value is -2.06. The minimum absolute atomic E-state index is 0. The maximum atomic E-state index is 5.10. The molecule has 1 unspecified atom stereocenters. The van der Waals surface area contributed by atoms with Crippen molar-refractivity contribution in [2.24, 2.45) is 5.73 Å². The van der Waals surface area contributed by atoms with E-state index in [9.17, 15) is 0 Å². The third kappa shape index (κ3) is 16.1. The van der Waals surface area contributed by atoms with Crippen LogP contribution in [0.15, 0.2) is 66.9 Å². The molecule has 0 aliphatic rings. The van der Waals surface area contributed by atoms with E-state index in [4.69, 9.17) is 5.73 Å². The number of hydrogen-bond donors (Lipinski definition) is 2. The quantitative estimate of drug-likeness (QED) is 0.478. The van der Waals surface area contributed by atoms with E-state index in [1.54, 1.807) is 6.08 Å². The summed E-state index contributed by atoms with van der Waals surface area (Å²) >= 11 is 0. The Morgan fingerprint density at radius 2 is 1.54 bits per heavy atom. The van der Waals surface area contributed by atoms with Crippen LogP contribution in [0.25, 0.3) is 5.57 Å². The van der Waals surface area contributed by atoms with Crippen LogP contribution < -0.4 is 11.9 Å². The molecule has 0 aliphatic carbocycles. The molecule has 1 rings (SSSR count). The maximum absolute atomic E-state index is 5.10. The van der Waals surface area contributed by atoms with Crippen molar-refractivity contribution in [3.63, 3.8) is 0 Å². The van der Waals surface area contributed by atoms with Crippen LogP contribution in [0.2, 0.25) is 0 Å². The van der Waals surface area contributed by atoms with Crippen molar-refractivity contribution >= 4 is 5.57 Å². The van der Waals surface area contributed by atoms with Gasteiger partial charge in [0.05, 0.1) is 0 Å². The first-order valence-corrected chi connectivity index (χ1v) is 9.72. The van der Waals surface area contributed by atoms with E-state index in [0.717, 1.165) is 18.5 Å². The molecule has 0 radical (unpaired) electrons. The zero-order valence-corrected chi connectivity index (χ0v) is 18.9. The minimum Gasteiger partial charge on any atom is -0.403 e. The second kappa shape index (κ2) is 21.2. The average molecular weight is 389 g/mol. The normalized spacial score (nSPS) is 11.2. The standard InChI is InChI=1S/C16H24.C5H8.C4H9N.CH4.H3N/c1-6-12(3)14(5)16-10-8-15(9-11-16)13(4)7-2;1-3-5-4-2;1-3-4(2)5;;/h8-11,13H,6-7H2,1-5H3;3-5H,1H2,2H3;2-3,5H2,1H3;1H4;1H3/b14-12-;5-4-;;;. The van der Waals surface area contributed by atoms with E-state index in [-0.39, 0.29) is 13.6 Å². The molecule has 2 nitrogen and oxygen atoms in total. The summed E-state index contributed by atoms with van der Waals surface area (Å²) < 4.78 is 0. The van der Waals surface area contributed by atoms with Crippen LogP contribution in [0.1, 0.15) is 92.2 Å². The fraction of sp³-hybridized carbons (Fsp3) is 0.462. The van der Waals surface area contributed by atoms with Gasteiger partial charge in [-0.3, -0.25) is 0 Å². The lowest BCUT2D eigenvalue weighted by Gasteiger charge is -2.11. The van der Waals surface area contributed by atoms with Gasteiger partial charge in [0.2, 0.25) is 0 Å². The van der Waals surface area contributed by atoms with Crippen LogP contribution in [-0.2, 0) is 0 Å². The lowest BCUT2D eigenvalue weighted by molar-refractivity contribution is 0.733. The zero-order valence-electron chi connectivity index (χ0n) is 18.9. The van der Waals surface area contributed by atoms with Crippen molar-refractivity contribution < 1.29 is 0 Å². The molecule has 5 N–H and O–H groups in total. The first-order chi connectivity index (χ1) is 12.3. The van der Waals surface area contributed by atoms with Gasteiger partial charge in [-0.05, 0) is 62.7 Å². The molecule has 0 saturated heterocycles. The predicted octanol–water partition coefficient (Wildman–Crippen LogP) is 8.82. The Balaban J connectivity index is -0.000000202. The maximum Gasteiger partial charge on any atom is 0.000466 e. The molecular formula is C26H48N2. The second-order valence-electron chi connectivity index (χ2n) is 6.46. The first kappa shape index (κ1) is 33.5. The van der Waals surface area contributed by atoms with Crippen molar-refractivity contribution in [3.8, 4) is 0 Å². The van der Waals surface area contributed by atoms with E-state index in [1.807, 2.05) is 26.0 Å². The molecule has 0 bridgehead atoms.